The zero-order valence-electron chi connectivity index (χ0n) is 12.8. The number of thioether (sulfide) groups is 1. The van der Waals surface area contributed by atoms with E-state index in [0.717, 1.165) is 10.0 Å². The summed E-state index contributed by atoms with van der Waals surface area (Å²) in [6.45, 7) is 0. The van der Waals surface area contributed by atoms with E-state index in [0.29, 0.717) is 20.7 Å². The van der Waals surface area contributed by atoms with Gasteiger partial charge in [-0.15, -0.1) is 0 Å². The van der Waals surface area contributed by atoms with Crippen LogP contribution in [0.25, 0.3) is 6.08 Å². The van der Waals surface area contributed by atoms with Crippen LogP contribution in [-0.4, -0.2) is 17.3 Å². The van der Waals surface area contributed by atoms with E-state index in [9.17, 15) is 9.18 Å². The van der Waals surface area contributed by atoms with Crippen molar-refractivity contribution in [2.45, 2.75) is 0 Å². The standard InChI is InChI=1S/C17H10BrClFNO2S2/c1-23-14-5-2-10(18)6-9(14)7-15-16(22)21(17(24)25-15)11-3-4-13(20)12(19)8-11/h2-8H,1H3/b15-7+. The normalized spacial score (nSPS) is 16.0. The maximum atomic E-state index is 13.4. The number of benzene rings is 2. The molecule has 3 nitrogen and oxygen atoms in total. The lowest BCUT2D eigenvalue weighted by Gasteiger charge is -2.14. The highest BCUT2D eigenvalue weighted by molar-refractivity contribution is 9.10. The van der Waals surface area contributed by atoms with Crippen LogP contribution in [-0.2, 0) is 4.79 Å². The Hall–Kier alpha value is -1.41. The van der Waals surface area contributed by atoms with Gasteiger partial charge in [0.05, 0.1) is 22.7 Å². The minimum absolute atomic E-state index is 0.0656. The van der Waals surface area contributed by atoms with Gasteiger partial charge in [0, 0.05) is 10.0 Å². The molecule has 1 fully saturated rings. The van der Waals surface area contributed by atoms with Crippen LogP contribution in [0.15, 0.2) is 45.8 Å². The van der Waals surface area contributed by atoms with Gasteiger partial charge in [0.1, 0.15) is 11.6 Å². The zero-order chi connectivity index (χ0) is 18.1. The Morgan fingerprint density at radius 3 is 2.76 bits per heavy atom. The summed E-state index contributed by atoms with van der Waals surface area (Å²) in [6, 6.07) is 9.55. The fourth-order valence-corrected chi connectivity index (χ4v) is 4.12. The van der Waals surface area contributed by atoms with Crippen LogP contribution in [0.4, 0.5) is 10.1 Å². The maximum absolute atomic E-state index is 13.4. The molecule has 0 spiro atoms. The lowest BCUT2D eigenvalue weighted by Crippen LogP contribution is -2.27. The highest BCUT2D eigenvalue weighted by Gasteiger charge is 2.33. The first-order valence-corrected chi connectivity index (χ1v) is 9.37. The molecule has 0 unspecified atom stereocenters. The number of anilines is 1. The van der Waals surface area contributed by atoms with E-state index in [2.05, 4.69) is 15.9 Å². The summed E-state index contributed by atoms with van der Waals surface area (Å²) in [5.74, 6) is -0.205. The summed E-state index contributed by atoms with van der Waals surface area (Å²) >= 11 is 15.7. The number of hydrogen-bond acceptors (Lipinski definition) is 4. The first kappa shape index (κ1) is 18.4. The van der Waals surface area contributed by atoms with Crippen molar-refractivity contribution in [1.29, 1.82) is 0 Å². The van der Waals surface area contributed by atoms with Gasteiger partial charge < -0.3 is 4.74 Å². The third-order valence-electron chi connectivity index (χ3n) is 3.43. The molecule has 0 aliphatic carbocycles. The molecule has 1 aliphatic heterocycles. The molecule has 0 atom stereocenters. The molecule has 0 aromatic heterocycles. The van der Waals surface area contributed by atoms with Gasteiger partial charge in [0.2, 0.25) is 0 Å². The highest BCUT2D eigenvalue weighted by atomic mass is 79.9. The highest BCUT2D eigenvalue weighted by Crippen LogP contribution is 2.38. The molecular formula is C17H10BrClFNO2S2. The second-order valence-corrected chi connectivity index (χ2v) is 8.00. The van der Waals surface area contributed by atoms with E-state index in [1.165, 1.54) is 34.9 Å². The quantitative estimate of drug-likeness (QED) is 0.439. The number of amides is 1. The lowest BCUT2D eigenvalue weighted by atomic mass is 10.2. The first-order chi connectivity index (χ1) is 11.9. The lowest BCUT2D eigenvalue weighted by molar-refractivity contribution is -0.113. The summed E-state index contributed by atoms with van der Waals surface area (Å²) in [5.41, 5.74) is 1.17. The van der Waals surface area contributed by atoms with E-state index in [1.807, 2.05) is 12.1 Å². The van der Waals surface area contributed by atoms with Crippen molar-refractivity contribution >= 4 is 73.5 Å². The number of ether oxygens (including phenoxy) is 1. The van der Waals surface area contributed by atoms with Gasteiger partial charge in [0.25, 0.3) is 5.91 Å². The van der Waals surface area contributed by atoms with Gasteiger partial charge in [-0.05, 0) is 42.5 Å². The smallest absolute Gasteiger partial charge is 0.270 e. The third kappa shape index (κ3) is 3.74. The molecule has 0 radical (unpaired) electrons. The molecule has 1 heterocycles. The Kier molecular flexibility index (Phi) is 5.48. The Morgan fingerprint density at radius 1 is 1.32 bits per heavy atom. The van der Waals surface area contributed by atoms with Gasteiger partial charge >= 0.3 is 0 Å². The van der Waals surface area contributed by atoms with Crippen LogP contribution in [0.3, 0.4) is 0 Å². The summed E-state index contributed by atoms with van der Waals surface area (Å²) in [4.78, 5) is 14.5. The van der Waals surface area contributed by atoms with Gasteiger partial charge in [-0.3, -0.25) is 9.69 Å². The van der Waals surface area contributed by atoms with E-state index in [-0.39, 0.29) is 10.9 Å². The number of hydrogen-bond donors (Lipinski definition) is 0. The number of halogens is 3. The number of carbonyl (C=O) groups is 1. The fraction of sp³-hybridized carbons (Fsp3) is 0.0588. The Balaban J connectivity index is 1.99. The monoisotopic (exact) mass is 457 g/mol. The van der Waals surface area contributed by atoms with E-state index < -0.39 is 5.82 Å². The van der Waals surface area contributed by atoms with Crippen LogP contribution in [0.5, 0.6) is 5.75 Å². The summed E-state index contributed by atoms with van der Waals surface area (Å²) in [6.07, 6.45) is 1.72. The molecule has 0 saturated carbocycles. The van der Waals surface area contributed by atoms with Crippen molar-refractivity contribution in [2.75, 3.05) is 12.0 Å². The van der Waals surface area contributed by atoms with Crippen molar-refractivity contribution in [3.05, 3.63) is 62.2 Å². The molecular weight excluding hydrogens is 449 g/mol. The second kappa shape index (κ2) is 7.45. The summed E-state index contributed by atoms with van der Waals surface area (Å²) < 4.78 is 19.9. The molecule has 1 amide bonds. The predicted molar refractivity (Wildman–Crippen MR) is 108 cm³/mol. The predicted octanol–water partition coefficient (Wildman–Crippen LogP) is 5.66. The number of thiocarbonyl (C=S) groups is 1. The molecule has 128 valence electrons. The van der Waals surface area contributed by atoms with Gasteiger partial charge in [-0.2, -0.15) is 0 Å². The minimum atomic E-state index is -0.551. The summed E-state index contributed by atoms with van der Waals surface area (Å²) in [7, 11) is 1.56. The van der Waals surface area contributed by atoms with Crippen molar-refractivity contribution in [3.63, 3.8) is 0 Å². The van der Waals surface area contributed by atoms with E-state index in [1.54, 1.807) is 19.3 Å². The molecule has 8 heteroatoms. The van der Waals surface area contributed by atoms with Gasteiger partial charge in [-0.1, -0.05) is 51.5 Å². The van der Waals surface area contributed by atoms with Crippen LogP contribution in [0.2, 0.25) is 5.02 Å². The van der Waals surface area contributed by atoms with Gasteiger partial charge in [-0.25, -0.2) is 4.39 Å². The Labute approximate surface area is 166 Å². The average molecular weight is 459 g/mol. The molecule has 0 bridgehead atoms. The number of methoxy groups -OCH3 is 1. The first-order valence-electron chi connectivity index (χ1n) is 6.97. The molecule has 1 saturated heterocycles. The minimum Gasteiger partial charge on any atom is -0.496 e. The third-order valence-corrected chi connectivity index (χ3v) is 5.52. The SMILES string of the molecule is COc1ccc(Br)cc1/C=C1/SC(=S)N(c2ccc(F)c(Cl)c2)C1=O. The maximum Gasteiger partial charge on any atom is 0.270 e. The fourth-order valence-electron chi connectivity index (χ4n) is 2.27. The van der Waals surface area contributed by atoms with Crippen LogP contribution in [0, 0.1) is 5.82 Å². The number of nitrogens with zero attached hydrogens (tertiary/aromatic N) is 1. The Bertz CT molecular complexity index is 920. The molecule has 3 rings (SSSR count). The van der Waals surface area contributed by atoms with Crippen molar-refractivity contribution in [1.82, 2.24) is 0 Å². The van der Waals surface area contributed by atoms with Crippen molar-refractivity contribution in [2.24, 2.45) is 0 Å². The average Bonchev–Trinajstić information content (AvgIpc) is 2.84. The van der Waals surface area contributed by atoms with Gasteiger partial charge in [0.15, 0.2) is 4.32 Å². The largest absolute Gasteiger partial charge is 0.496 e. The molecule has 2 aromatic rings. The number of rotatable bonds is 3. The van der Waals surface area contributed by atoms with E-state index >= 15 is 0 Å². The zero-order valence-corrected chi connectivity index (χ0v) is 16.7. The summed E-state index contributed by atoms with van der Waals surface area (Å²) in [5, 5.41) is -0.0656. The Morgan fingerprint density at radius 2 is 2.08 bits per heavy atom. The van der Waals surface area contributed by atoms with Crippen LogP contribution < -0.4 is 9.64 Å². The molecule has 0 N–H and O–H groups in total. The van der Waals surface area contributed by atoms with Crippen molar-refractivity contribution < 1.29 is 13.9 Å². The molecule has 1 aliphatic rings. The number of carbonyl (C=O) groups excluding carboxylic acids is 1. The van der Waals surface area contributed by atoms with Crippen LogP contribution in [0.1, 0.15) is 5.56 Å². The second-order valence-electron chi connectivity index (χ2n) is 5.00. The van der Waals surface area contributed by atoms with Crippen LogP contribution >= 0.6 is 51.5 Å². The van der Waals surface area contributed by atoms with Crippen molar-refractivity contribution in [3.8, 4) is 5.75 Å². The molecule has 25 heavy (non-hydrogen) atoms. The molecule has 2 aromatic carbocycles. The topological polar surface area (TPSA) is 29.5 Å². The van der Waals surface area contributed by atoms with E-state index in [4.69, 9.17) is 28.6 Å².